The van der Waals surface area contributed by atoms with Crippen molar-refractivity contribution in [1.29, 1.82) is 0 Å². The summed E-state index contributed by atoms with van der Waals surface area (Å²) in [6, 6.07) is 1.59. The largest absolute Gasteiger partial charge is 0.494 e. The lowest BCUT2D eigenvalue weighted by atomic mass is 10.1. The molecule has 4 nitrogen and oxygen atoms in total. The SMILES string of the molecule is C=C(OCC)c1cnc(OCC(C)(F)F)c2cnc(Cl)cc12. The predicted molar refractivity (Wildman–Crippen MR) is 81.3 cm³/mol. The van der Waals surface area contributed by atoms with E-state index >= 15 is 0 Å². The van der Waals surface area contributed by atoms with Gasteiger partial charge < -0.3 is 9.47 Å². The molecule has 0 unspecified atom stereocenters. The molecule has 2 rings (SSSR count). The molecule has 2 heterocycles. The number of hydrogen-bond donors (Lipinski definition) is 0. The highest BCUT2D eigenvalue weighted by Crippen LogP contribution is 2.31. The number of rotatable bonds is 6. The average molecular weight is 329 g/mol. The van der Waals surface area contributed by atoms with Crippen molar-refractivity contribution in [2.45, 2.75) is 19.8 Å². The first-order valence-corrected chi connectivity index (χ1v) is 6.96. The van der Waals surface area contributed by atoms with E-state index in [0.717, 1.165) is 6.92 Å². The third-order valence-electron chi connectivity index (χ3n) is 2.78. The van der Waals surface area contributed by atoms with Crippen LogP contribution in [0.15, 0.2) is 25.0 Å². The van der Waals surface area contributed by atoms with Crippen LogP contribution in [-0.2, 0) is 4.74 Å². The summed E-state index contributed by atoms with van der Waals surface area (Å²) in [5.74, 6) is -2.48. The fourth-order valence-corrected chi connectivity index (χ4v) is 2.03. The molecule has 0 aromatic carbocycles. The molecule has 7 heteroatoms. The summed E-state index contributed by atoms with van der Waals surface area (Å²) >= 11 is 5.91. The molecule has 0 aliphatic carbocycles. The van der Waals surface area contributed by atoms with Crippen LogP contribution in [0.4, 0.5) is 8.78 Å². The van der Waals surface area contributed by atoms with Crippen LogP contribution >= 0.6 is 11.6 Å². The zero-order valence-corrected chi connectivity index (χ0v) is 13.0. The molecule has 0 saturated carbocycles. The third-order valence-corrected chi connectivity index (χ3v) is 2.99. The van der Waals surface area contributed by atoms with E-state index in [1.165, 1.54) is 12.4 Å². The van der Waals surface area contributed by atoms with Crippen LogP contribution in [0, 0.1) is 0 Å². The highest BCUT2D eigenvalue weighted by molar-refractivity contribution is 6.30. The number of ether oxygens (including phenoxy) is 2. The molecule has 0 aliphatic rings. The number of pyridine rings is 2. The molecular formula is C15H15ClF2N2O2. The van der Waals surface area contributed by atoms with Crippen molar-refractivity contribution in [2.24, 2.45) is 0 Å². The molecule has 0 N–H and O–H groups in total. The van der Waals surface area contributed by atoms with Crippen molar-refractivity contribution in [2.75, 3.05) is 13.2 Å². The maximum absolute atomic E-state index is 13.0. The van der Waals surface area contributed by atoms with E-state index in [1.807, 2.05) is 6.92 Å². The molecule has 0 atom stereocenters. The van der Waals surface area contributed by atoms with Crippen LogP contribution in [0.5, 0.6) is 5.88 Å². The average Bonchev–Trinajstić information content (AvgIpc) is 2.43. The highest BCUT2D eigenvalue weighted by atomic mass is 35.5. The minimum absolute atomic E-state index is 0.0636. The van der Waals surface area contributed by atoms with Crippen LogP contribution in [0.25, 0.3) is 16.5 Å². The summed E-state index contributed by atoms with van der Waals surface area (Å²) in [5.41, 5.74) is 0.608. The summed E-state index contributed by atoms with van der Waals surface area (Å²) in [5, 5.41) is 1.35. The second-order valence-corrected chi connectivity index (χ2v) is 5.13. The maximum Gasteiger partial charge on any atom is 0.278 e. The number of fused-ring (bicyclic) bond motifs is 1. The van der Waals surface area contributed by atoms with Crippen molar-refractivity contribution in [3.63, 3.8) is 0 Å². The molecular weight excluding hydrogens is 314 g/mol. The van der Waals surface area contributed by atoms with Gasteiger partial charge in [-0.3, -0.25) is 0 Å². The fourth-order valence-electron chi connectivity index (χ4n) is 1.87. The summed E-state index contributed by atoms with van der Waals surface area (Å²) in [6.45, 7) is 6.10. The van der Waals surface area contributed by atoms with Crippen molar-refractivity contribution in [3.8, 4) is 5.88 Å². The van der Waals surface area contributed by atoms with E-state index in [-0.39, 0.29) is 11.0 Å². The Kier molecular flexibility index (Phi) is 4.81. The summed E-state index contributed by atoms with van der Waals surface area (Å²) in [6.07, 6.45) is 2.89. The minimum atomic E-state index is -2.96. The first-order valence-electron chi connectivity index (χ1n) is 6.59. The van der Waals surface area contributed by atoms with Gasteiger partial charge in [-0.15, -0.1) is 0 Å². The Morgan fingerprint density at radius 2 is 2.05 bits per heavy atom. The van der Waals surface area contributed by atoms with Crippen LogP contribution in [0.3, 0.4) is 0 Å². The zero-order chi connectivity index (χ0) is 16.3. The Morgan fingerprint density at radius 3 is 2.68 bits per heavy atom. The van der Waals surface area contributed by atoms with Crippen molar-refractivity contribution in [1.82, 2.24) is 9.97 Å². The minimum Gasteiger partial charge on any atom is -0.494 e. The molecule has 0 saturated heterocycles. The van der Waals surface area contributed by atoms with E-state index in [1.54, 1.807) is 6.07 Å². The lowest BCUT2D eigenvalue weighted by Gasteiger charge is -2.15. The number of nitrogens with zero attached hydrogens (tertiary/aromatic N) is 2. The van der Waals surface area contributed by atoms with E-state index in [2.05, 4.69) is 16.5 Å². The van der Waals surface area contributed by atoms with E-state index in [9.17, 15) is 8.78 Å². The molecule has 0 amide bonds. The molecule has 0 fully saturated rings. The number of aromatic nitrogens is 2. The van der Waals surface area contributed by atoms with Gasteiger partial charge in [-0.05, 0) is 13.0 Å². The summed E-state index contributed by atoms with van der Waals surface area (Å²) in [7, 11) is 0. The number of hydrogen-bond acceptors (Lipinski definition) is 4. The van der Waals surface area contributed by atoms with Gasteiger partial charge in [0.25, 0.3) is 5.92 Å². The molecule has 0 radical (unpaired) electrons. The smallest absolute Gasteiger partial charge is 0.278 e. The van der Waals surface area contributed by atoms with Crippen LogP contribution in [0.1, 0.15) is 19.4 Å². The second kappa shape index (κ2) is 6.44. The standard InChI is InChI=1S/C15H15ClF2N2O2/c1-4-21-9(2)11-6-20-14(22-8-15(3,17)18)12-7-19-13(16)5-10(11)12/h5-7H,2,4,8H2,1,3H3. The molecule has 22 heavy (non-hydrogen) atoms. The third kappa shape index (κ3) is 3.82. The molecule has 2 aromatic heterocycles. The van der Waals surface area contributed by atoms with Gasteiger partial charge in [0.1, 0.15) is 10.9 Å². The molecule has 118 valence electrons. The number of halogens is 3. The Bertz CT molecular complexity index is 702. The van der Waals surface area contributed by atoms with Crippen LogP contribution < -0.4 is 4.74 Å². The van der Waals surface area contributed by atoms with Gasteiger partial charge >= 0.3 is 0 Å². The number of alkyl halides is 2. The van der Waals surface area contributed by atoms with Crippen LogP contribution in [-0.4, -0.2) is 29.1 Å². The van der Waals surface area contributed by atoms with Crippen molar-refractivity contribution >= 4 is 28.1 Å². The molecule has 2 aromatic rings. The van der Waals surface area contributed by atoms with Crippen molar-refractivity contribution < 1.29 is 18.3 Å². The van der Waals surface area contributed by atoms with Gasteiger partial charge in [0, 0.05) is 30.3 Å². The van der Waals surface area contributed by atoms with E-state index in [4.69, 9.17) is 21.1 Å². The Balaban J connectivity index is 2.49. The quantitative estimate of drug-likeness (QED) is 0.585. The predicted octanol–water partition coefficient (Wildman–Crippen LogP) is 4.32. The van der Waals surface area contributed by atoms with E-state index in [0.29, 0.717) is 28.7 Å². The normalized spacial score (nSPS) is 11.5. The summed E-state index contributed by atoms with van der Waals surface area (Å²) in [4.78, 5) is 8.01. The Labute approximate surface area is 131 Å². The van der Waals surface area contributed by atoms with Gasteiger partial charge in [0.05, 0.1) is 12.0 Å². The van der Waals surface area contributed by atoms with Gasteiger partial charge in [-0.25, -0.2) is 18.7 Å². The molecule has 0 bridgehead atoms. The topological polar surface area (TPSA) is 44.2 Å². The van der Waals surface area contributed by atoms with Crippen LogP contribution in [0.2, 0.25) is 5.15 Å². The second-order valence-electron chi connectivity index (χ2n) is 4.74. The van der Waals surface area contributed by atoms with Gasteiger partial charge in [-0.2, -0.15) is 0 Å². The lowest BCUT2D eigenvalue weighted by Crippen LogP contribution is -2.21. The molecule has 0 aliphatic heterocycles. The molecule has 0 spiro atoms. The van der Waals surface area contributed by atoms with Gasteiger partial charge in [0.2, 0.25) is 5.88 Å². The monoisotopic (exact) mass is 328 g/mol. The fraction of sp³-hybridized carbons (Fsp3) is 0.333. The Hall–Kier alpha value is -1.95. The van der Waals surface area contributed by atoms with Gasteiger partial charge in [0.15, 0.2) is 6.61 Å². The zero-order valence-electron chi connectivity index (χ0n) is 12.2. The van der Waals surface area contributed by atoms with E-state index < -0.39 is 12.5 Å². The maximum atomic E-state index is 13.0. The Morgan fingerprint density at radius 1 is 1.32 bits per heavy atom. The first-order chi connectivity index (χ1) is 10.3. The van der Waals surface area contributed by atoms with Gasteiger partial charge in [-0.1, -0.05) is 18.2 Å². The lowest BCUT2D eigenvalue weighted by molar-refractivity contribution is -0.0237. The van der Waals surface area contributed by atoms with Crippen molar-refractivity contribution in [3.05, 3.63) is 35.8 Å². The first kappa shape index (κ1) is 16.4. The highest BCUT2D eigenvalue weighted by Gasteiger charge is 2.23. The summed E-state index contributed by atoms with van der Waals surface area (Å²) < 4.78 is 36.4.